The maximum Gasteiger partial charge on any atom is 0.408 e. The van der Waals surface area contributed by atoms with Crippen LogP contribution in [0.2, 0.25) is 0 Å². The maximum atomic E-state index is 13.9. The van der Waals surface area contributed by atoms with E-state index < -0.39 is 41.1 Å². The summed E-state index contributed by atoms with van der Waals surface area (Å²) in [5, 5.41) is 8.03. The summed E-state index contributed by atoms with van der Waals surface area (Å²) in [4.78, 5) is 59.6. The zero-order valence-electron chi connectivity index (χ0n) is 29.2. The molecule has 1 aliphatic rings. The number of nitrogens with zero attached hydrogens (tertiary/aromatic N) is 3. The molecule has 49 heavy (non-hydrogen) atoms. The molecule has 1 aromatic heterocycles. The highest BCUT2D eigenvalue weighted by Gasteiger charge is 2.35. The average molecular weight is 677 g/mol. The molecule has 3 aromatic rings. The van der Waals surface area contributed by atoms with Crippen LogP contribution in [0.5, 0.6) is 5.75 Å². The fraction of sp³-hybridized carbons (Fsp3) is 0.472. The number of likely N-dealkylation sites (tertiary alicyclic amines) is 1. The number of nitrogens with one attached hydrogen (secondary N) is 3. The number of ether oxygens (including phenoxy) is 3. The van der Waals surface area contributed by atoms with Gasteiger partial charge in [-0.25, -0.2) is 9.78 Å². The SMILES string of the molecule is COc1ccc(C(C(=O)N2CCCCC2)n2cnc(NC(=O)[C@@H](COCc3ccccc3)NC(=O)C(C)(C)NC(=O)OC(C)(C)C)c2)cc1. The van der Waals surface area contributed by atoms with E-state index in [2.05, 4.69) is 20.9 Å². The van der Waals surface area contributed by atoms with Crippen LogP contribution in [0.25, 0.3) is 0 Å². The zero-order chi connectivity index (χ0) is 35.6. The van der Waals surface area contributed by atoms with Gasteiger partial charge in [0.1, 0.15) is 29.0 Å². The van der Waals surface area contributed by atoms with Crippen LogP contribution < -0.4 is 20.7 Å². The number of benzene rings is 2. The van der Waals surface area contributed by atoms with Crippen molar-refractivity contribution in [1.29, 1.82) is 0 Å². The second-order valence-corrected chi connectivity index (χ2v) is 13.5. The number of anilines is 1. The number of aromatic nitrogens is 2. The molecule has 1 saturated heterocycles. The maximum absolute atomic E-state index is 13.9. The Morgan fingerprint density at radius 3 is 2.22 bits per heavy atom. The Hall–Kier alpha value is -4.91. The highest BCUT2D eigenvalue weighted by molar-refractivity contribution is 5.98. The Labute approximate surface area is 287 Å². The Kier molecular flexibility index (Phi) is 12.4. The molecule has 0 radical (unpaired) electrons. The highest BCUT2D eigenvalue weighted by Crippen LogP contribution is 2.26. The number of carbonyl (C=O) groups excluding carboxylic acids is 4. The number of imidazole rings is 1. The molecule has 1 aliphatic heterocycles. The van der Waals surface area contributed by atoms with Crippen molar-refractivity contribution in [3.63, 3.8) is 0 Å². The lowest BCUT2D eigenvalue weighted by Crippen LogP contribution is -2.59. The Bertz CT molecular complexity index is 1560. The van der Waals surface area contributed by atoms with Gasteiger partial charge in [-0.15, -0.1) is 0 Å². The van der Waals surface area contributed by atoms with Crippen LogP contribution in [0.3, 0.4) is 0 Å². The number of alkyl carbamates (subject to hydrolysis) is 1. The number of carbonyl (C=O) groups is 4. The van der Waals surface area contributed by atoms with Crippen LogP contribution in [-0.2, 0) is 30.5 Å². The third-order valence-electron chi connectivity index (χ3n) is 7.88. The molecule has 264 valence electrons. The summed E-state index contributed by atoms with van der Waals surface area (Å²) < 4.78 is 18.1. The molecular weight excluding hydrogens is 628 g/mol. The van der Waals surface area contributed by atoms with Gasteiger partial charge >= 0.3 is 6.09 Å². The summed E-state index contributed by atoms with van der Waals surface area (Å²) in [7, 11) is 1.58. The van der Waals surface area contributed by atoms with E-state index in [1.54, 1.807) is 50.8 Å². The number of methoxy groups -OCH3 is 1. The van der Waals surface area contributed by atoms with Gasteiger partial charge in [0, 0.05) is 19.3 Å². The van der Waals surface area contributed by atoms with E-state index in [1.165, 1.54) is 20.2 Å². The van der Waals surface area contributed by atoms with Gasteiger partial charge in [-0.3, -0.25) is 14.4 Å². The van der Waals surface area contributed by atoms with Gasteiger partial charge in [0.15, 0.2) is 5.82 Å². The molecular formula is C36H48N6O7. The van der Waals surface area contributed by atoms with Crippen molar-refractivity contribution in [2.45, 2.75) is 83.7 Å². The molecule has 1 fully saturated rings. The first-order valence-corrected chi connectivity index (χ1v) is 16.5. The van der Waals surface area contributed by atoms with Crippen LogP contribution in [0.4, 0.5) is 10.6 Å². The lowest BCUT2D eigenvalue weighted by molar-refractivity contribution is -0.134. The number of amides is 4. The fourth-order valence-electron chi connectivity index (χ4n) is 5.28. The minimum Gasteiger partial charge on any atom is -0.497 e. The summed E-state index contributed by atoms with van der Waals surface area (Å²) in [6, 6.07) is 14.8. The first kappa shape index (κ1) is 36.9. The molecule has 4 rings (SSSR count). The predicted octanol–water partition coefficient (Wildman–Crippen LogP) is 4.44. The first-order valence-electron chi connectivity index (χ1n) is 16.5. The van der Waals surface area contributed by atoms with Crippen molar-refractivity contribution >= 4 is 29.6 Å². The van der Waals surface area contributed by atoms with Gasteiger partial charge in [0.25, 0.3) is 5.91 Å². The smallest absolute Gasteiger partial charge is 0.408 e. The number of hydrogen-bond donors (Lipinski definition) is 3. The quantitative estimate of drug-likeness (QED) is 0.240. The molecule has 13 heteroatoms. The largest absolute Gasteiger partial charge is 0.497 e. The third-order valence-corrected chi connectivity index (χ3v) is 7.88. The fourth-order valence-corrected chi connectivity index (χ4v) is 5.28. The lowest BCUT2D eigenvalue weighted by Gasteiger charge is -2.31. The number of piperidine rings is 1. The standard InChI is InChI=1S/C36H48N6O7/c1-35(2,3)49-34(46)40-36(4,5)33(45)38-28(23-48-22-25-13-9-7-10-14-25)31(43)39-29-21-42(24-37-29)30(26-15-17-27(47-6)18-16-26)32(44)41-19-11-8-12-20-41/h7,9-10,13-18,21,24,28,30H,8,11-12,19-20,22-23H2,1-6H3,(H,38,45)(H,39,43)(H,40,46)/t28-,30?/m1/s1. The molecule has 0 aliphatic carbocycles. The van der Waals surface area contributed by atoms with E-state index in [0.717, 1.165) is 30.4 Å². The normalized spacial score (nSPS) is 14.7. The first-order chi connectivity index (χ1) is 23.3. The van der Waals surface area contributed by atoms with E-state index in [9.17, 15) is 19.2 Å². The van der Waals surface area contributed by atoms with E-state index in [1.807, 2.05) is 47.4 Å². The summed E-state index contributed by atoms with van der Waals surface area (Å²) in [5.74, 6) is -0.441. The molecule has 3 N–H and O–H groups in total. The molecule has 0 spiro atoms. The van der Waals surface area contributed by atoms with E-state index >= 15 is 0 Å². The second-order valence-electron chi connectivity index (χ2n) is 13.5. The summed E-state index contributed by atoms with van der Waals surface area (Å²) in [5.41, 5.74) is -0.562. The lowest BCUT2D eigenvalue weighted by atomic mass is 10.0. The van der Waals surface area contributed by atoms with Crippen LogP contribution in [0.1, 0.15) is 71.0 Å². The molecule has 2 aromatic carbocycles. The van der Waals surface area contributed by atoms with Crippen molar-refractivity contribution in [3.05, 3.63) is 78.2 Å². The third kappa shape index (κ3) is 10.8. The van der Waals surface area contributed by atoms with Gasteiger partial charge < -0.3 is 39.6 Å². The average Bonchev–Trinajstić information content (AvgIpc) is 3.51. The predicted molar refractivity (Wildman–Crippen MR) is 184 cm³/mol. The highest BCUT2D eigenvalue weighted by atomic mass is 16.6. The van der Waals surface area contributed by atoms with E-state index in [-0.39, 0.29) is 24.9 Å². The van der Waals surface area contributed by atoms with Crippen LogP contribution in [0, 0.1) is 0 Å². The summed E-state index contributed by atoms with van der Waals surface area (Å²) in [6.45, 7) is 9.55. The van der Waals surface area contributed by atoms with Gasteiger partial charge in [-0.05, 0) is 77.1 Å². The second kappa shape index (κ2) is 16.5. The summed E-state index contributed by atoms with van der Waals surface area (Å²) >= 11 is 0. The minimum absolute atomic E-state index is 0.0701. The van der Waals surface area contributed by atoms with Crippen molar-refractivity contribution in [3.8, 4) is 5.75 Å². The molecule has 4 amide bonds. The molecule has 1 unspecified atom stereocenters. The number of hydrogen-bond acceptors (Lipinski definition) is 8. The molecule has 0 bridgehead atoms. The topological polar surface area (TPSA) is 153 Å². The Morgan fingerprint density at radius 1 is 0.918 bits per heavy atom. The van der Waals surface area contributed by atoms with E-state index in [4.69, 9.17) is 14.2 Å². The van der Waals surface area contributed by atoms with Crippen molar-refractivity contribution < 1.29 is 33.4 Å². The van der Waals surface area contributed by atoms with Crippen LogP contribution >= 0.6 is 0 Å². The van der Waals surface area contributed by atoms with Crippen LogP contribution in [0.15, 0.2) is 67.1 Å². The Balaban J connectivity index is 1.52. The molecule has 2 heterocycles. The minimum atomic E-state index is -1.43. The van der Waals surface area contributed by atoms with Gasteiger partial charge in [-0.2, -0.15) is 0 Å². The van der Waals surface area contributed by atoms with E-state index in [0.29, 0.717) is 18.8 Å². The van der Waals surface area contributed by atoms with Gasteiger partial charge in [-0.1, -0.05) is 42.5 Å². The molecule has 13 nitrogen and oxygen atoms in total. The molecule has 2 atom stereocenters. The molecule has 0 saturated carbocycles. The van der Waals surface area contributed by atoms with Crippen LogP contribution in [-0.4, -0.2) is 82.3 Å². The van der Waals surface area contributed by atoms with Crippen molar-refractivity contribution in [2.24, 2.45) is 0 Å². The Morgan fingerprint density at radius 2 is 1.59 bits per heavy atom. The van der Waals surface area contributed by atoms with Crippen molar-refractivity contribution in [2.75, 3.05) is 32.1 Å². The van der Waals surface area contributed by atoms with Crippen molar-refractivity contribution in [1.82, 2.24) is 25.1 Å². The number of rotatable bonds is 13. The summed E-state index contributed by atoms with van der Waals surface area (Å²) in [6.07, 6.45) is 5.28. The zero-order valence-corrected chi connectivity index (χ0v) is 29.2. The monoisotopic (exact) mass is 676 g/mol. The van der Waals surface area contributed by atoms with Gasteiger partial charge in [0.05, 0.1) is 26.7 Å². The van der Waals surface area contributed by atoms with Gasteiger partial charge in [0.2, 0.25) is 11.8 Å².